The van der Waals surface area contributed by atoms with Gasteiger partial charge in [0.05, 0.1) is 10.8 Å². The Morgan fingerprint density at radius 1 is 0.575 bits per heavy atom. The van der Waals surface area contributed by atoms with Crippen LogP contribution in [-0.4, -0.2) is 57.7 Å². The van der Waals surface area contributed by atoms with Crippen molar-refractivity contribution in [2.75, 3.05) is 18.8 Å². The second kappa shape index (κ2) is 31.8. The lowest BCUT2D eigenvalue weighted by atomic mass is 9.80. The molecule has 1 unspecified atom stereocenters. The van der Waals surface area contributed by atoms with Crippen molar-refractivity contribution < 1.29 is 31.8 Å². The molecule has 0 amide bonds. The fourth-order valence-corrected chi connectivity index (χ4v) is 14.4. The highest BCUT2D eigenvalue weighted by atomic mass is 127. The summed E-state index contributed by atoms with van der Waals surface area (Å²) >= 11 is 44.9. The summed E-state index contributed by atoms with van der Waals surface area (Å²) < 4.78 is 51.0. The van der Waals surface area contributed by atoms with Crippen LogP contribution < -0.4 is 5.46 Å². The van der Waals surface area contributed by atoms with Crippen LogP contribution in [0.1, 0.15) is 0 Å². The molecule has 9 aromatic rings. The van der Waals surface area contributed by atoms with Crippen molar-refractivity contribution >= 4 is 222 Å². The Morgan fingerprint density at radius 2 is 1.03 bits per heavy atom. The van der Waals surface area contributed by atoms with Gasteiger partial charge in [-0.05, 0) is 170 Å². The van der Waals surface area contributed by atoms with Gasteiger partial charge in [-0.15, -0.1) is 34.9 Å². The molecule has 8 aromatic carbocycles. The van der Waals surface area contributed by atoms with E-state index < -0.39 is 28.3 Å². The standard InChI is InChI=1S/C13H10BrClOS.C13H10BrClS.C12H6BrClS.C7H9BO2S.C6H3BrClI.H2O4S/c1-17(16)13-5-3-2-4-12(13)9-6-10(14)8-11(15)7-9;1-16-13-5-3-2-4-12(13)9-6-10(14)8-11(15)7-9;13-10-6-7(14)5-9-8-3-1-2-4-11(8)15-12(9)10;1-11-7-5-3-2-4-6(7)8(9)10;7-4-1-5(8)3-6(9)2-4;1-5(2,3)4/h2-8H,1H3;2-8H,1H3;1-6H;2-5,9-10H,1H3;1-3H;(H2,1,2,3,4). The van der Waals surface area contributed by atoms with Crippen molar-refractivity contribution in [1.29, 1.82) is 0 Å². The van der Waals surface area contributed by atoms with Gasteiger partial charge in [-0.25, -0.2) is 0 Å². The first-order chi connectivity index (χ1) is 34.5. The molecule has 4 N–H and O–H groups in total. The second-order valence-corrected chi connectivity index (χ2v) is 26.1. The highest BCUT2D eigenvalue weighted by Crippen LogP contribution is 2.40. The van der Waals surface area contributed by atoms with E-state index in [0.29, 0.717) is 10.5 Å². The van der Waals surface area contributed by atoms with Gasteiger partial charge in [0, 0.05) is 82.7 Å². The molecule has 7 nitrogen and oxygen atoms in total. The first-order valence-electron chi connectivity index (χ1n) is 20.5. The molecule has 9 rings (SSSR count). The van der Waals surface area contributed by atoms with Gasteiger partial charge in [-0.3, -0.25) is 13.3 Å². The molecule has 73 heavy (non-hydrogen) atoms. The number of halogens is 9. The summed E-state index contributed by atoms with van der Waals surface area (Å²) in [6, 6.07) is 53.0. The minimum Gasteiger partial charge on any atom is -0.423 e. The number of thioether (sulfide) groups is 2. The maximum absolute atomic E-state index is 11.7. The third-order valence-corrected chi connectivity index (χ3v) is 16.9. The Kier molecular flexibility index (Phi) is 27.9. The third-order valence-electron chi connectivity index (χ3n) is 9.29. The molecule has 0 aliphatic rings. The highest BCUT2D eigenvalue weighted by molar-refractivity contribution is 14.1. The van der Waals surface area contributed by atoms with Crippen molar-refractivity contribution in [3.8, 4) is 22.3 Å². The molecule has 1 aromatic heterocycles. The molecule has 0 radical (unpaired) electrons. The quantitative estimate of drug-likeness (QED) is 0.0556. The predicted molar refractivity (Wildman–Crippen MR) is 339 cm³/mol. The largest absolute Gasteiger partial charge is 0.489 e. The number of hydrogen-bond acceptors (Lipinski definition) is 8. The van der Waals surface area contributed by atoms with Crippen molar-refractivity contribution in [2.45, 2.75) is 14.7 Å². The Labute approximate surface area is 508 Å². The molecule has 0 spiro atoms. The van der Waals surface area contributed by atoms with Crippen molar-refractivity contribution in [3.63, 3.8) is 0 Å². The van der Waals surface area contributed by atoms with E-state index in [1.807, 2.05) is 109 Å². The van der Waals surface area contributed by atoms with E-state index >= 15 is 0 Å². The molecule has 0 aliphatic heterocycles. The van der Waals surface area contributed by atoms with Crippen LogP contribution in [0, 0.1) is 3.57 Å². The maximum atomic E-state index is 11.7. The fourth-order valence-electron chi connectivity index (χ4n) is 6.41. The monoisotopic (exact) mass is 1520 g/mol. The number of benzene rings is 8. The molecular weight excluding hydrogens is 1480 g/mol. The molecule has 0 saturated heterocycles. The van der Waals surface area contributed by atoms with Gasteiger partial charge in [0.25, 0.3) is 0 Å². The van der Waals surface area contributed by atoms with Crippen LogP contribution in [0.25, 0.3) is 42.4 Å². The molecule has 0 bridgehead atoms. The van der Waals surface area contributed by atoms with Gasteiger partial charge >= 0.3 is 17.5 Å². The fraction of sp³-hybridized carbons (Fsp3) is 0.0588. The van der Waals surface area contributed by atoms with Gasteiger partial charge in [0.15, 0.2) is 0 Å². The Balaban J connectivity index is 0.000000196. The normalized spacial score (nSPS) is 11.0. The van der Waals surface area contributed by atoms with Crippen LogP contribution in [-0.2, 0) is 21.2 Å². The molecular formula is C51H40BBr4Cl4IO7S5. The minimum atomic E-state index is -4.67. The van der Waals surface area contributed by atoms with E-state index in [-0.39, 0.29) is 0 Å². The van der Waals surface area contributed by atoms with Crippen molar-refractivity contribution in [3.05, 3.63) is 205 Å². The average Bonchev–Trinajstić information content (AvgIpc) is 3.69. The summed E-state index contributed by atoms with van der Waals surface area (Å²) in [6.45, 7) is 0. The summed E-state index contributed by atoms with van der Waals surface area (Å²) in [7, 11) is -7.04. The average molecular weight is 1520 g/mol. The number of fused-ring (bicyclic) bond motifs is 3. The lowest BCUT2D eigenvalue weighted by Crippen LogP contribution is -2.31. The molecule has 1 heterocycles. The molecule has 1 atom stereocenters. The zero-order valence-corrected chi connectivity index (χ0v) is 53.7. The highest BCUT2D eigenvalue weighted by Gasteiger charge is 2.14. The summed E-state index contributed by atoms with van der Waals surface area (Å²) in [5.74, 6) is 0. The van der Waals surface area contributed by atoms with Gasteiger partial charge in [-0.1, -0.05) is 167 Å². The topological polar surface area (TPSA) is 132 Å². The van der Waals surface area contributed by atoms with E-state index in [9.17, 15) is 4.21 Å². The van der Waals surface area contributed by atoms with E-state index in [1.54, 1.807) is 41.5 Å². The van der Waals surface area contributed by atoms with E-state index in [4.69, 9.17) is 74.0 Å². The first-order valence-corrected chi connectivity index (χ1v) is 32.5. The molecule has 382 valence electrons. The van der Waals surface area contributed by atoms with E-state index in [1.165, 1.54) is 42.4 Å². The Hall–Kier alpha value is -1.51. The van der Waals surface area contributed by atoms with Gasteiger partial charge in [-0.2, -0.15) is 8.42 Å². The van der Waals surface area contributed by atoms with Crippen LogP contribution in [0.2, 0.25) is 20.1 Å². The second-order valence-electron chi connectivity index (χ2n) is 14.5. The zero-order valence-electron chi connectivity index (χ0n) is 38.1. The summed E-state index contributed by atoms with van der Waals surface area (Å²) in [4.78, 5) is 2.99. The van der Waals surface area contributed by atoms with Crippen LogP contribution >= 0.6 is 168 Å². The van der Waals surface area contributed by atoms with E-state index in [0.717, 1.165) is 63.0 Å². The summed E-state index contributed by atoms with van der Waals surface area (Å²) in [5, 5.41) is 23.2. The number of hydrogen-bond donors (Lipinski definition) is 4. The lowest BCUT2D eigenvalue weighted by molar-refractivity contribution is 0.380. The smallest absolute Gasteiger partial charge is 0.423 e. The zero-order chi connectivity index (χ0) is 54.0. The van der Waals surface area contributed by atoms with Crippen molar-refractivity contribution in [2.24, 2.45) is 0 Å². The van der Waals surface area contributed by atoms with Crippen LogP contribution in [0.15, 0.2) is 196 Å². The summed E-state index contributed by atoms with van der Waals surface area (Å²) in [6.07, 6.45) is 5.66. The third kappa shape index (κ3) is 22.0. The maximum Gasteiger partial charge on any atom is 0.489 e. The van der Waals surface area contributed by atoms with Gasteiger partial charge in [0.1, 0.15) is 0 Å². The number of thiophene rings is 1. The van der Waals surface area contributed by atoms with Gasteiger partial charge < -0.3 is 10.0 Å². The molecule has 0 saturated carbocycles. The van der Waals surface area contributed by atoms with Crippen LogP contribution in [0.5, 0.6) is 0 Å². The molecule has 0 fully saturated rings. The first kappa shape index (κ1) is 64.0. The lowest BCUT2D eigenvalue weighted by Gasteiger charge is -2.08. The van der Waals surface area contributed by atoms with E-state index in [2.05, 4.69) is 141 Å². The minimum absolute atomic E-state index is 0.569. The Bertz CT molecular complexity index is 3340. The van der Waals surface area contributed by atoms with Gasteiger partial charge in [0.2, 0.25) is 0 Å². The molecule has 22 heteroatoms. The predicted octanol–water partition coefficient (Wildman–Crippen LogP) is 18.6. The van der Waals surface area contributed by atoms with Crippen LogP contribution in [0.3, 0.4) is 0 Å². The van der Waals surface area contributed by atoms with Crippen LogP contribution in [0.4, 0.5) is 0 Å². The Morgan fingerprint density at radius 3 is 1.53 bits per heavy atom. The SMILES string of the molecule is CS(=O)c1ccccc1-c1cc(Cl)cc(Br)c1.CSc1ccccc1-c1cc(Cl)cc(Br)c1.CSc1ccccc1B(O)O.Clc1cc(Br)c2sc3ccccc3c2c1.Clc1cc(Br)cc(I)c1.O=S(=O)(O)O. The summed E-state index contributed by atoms with van der Waals surface area (Å²) in [5.41, 5.74) is 4.86. The number of rotatable bonds is 6. The van der Waals surface area contributed by atoms with Crippen molar-refractivity contribution in [1.82, 2.24) is 0 Å². The molecule has 0 aliphatic carbocycles.